The first-order chi connectivity index (χ1) is 14.3. The second-order valence-electron chi connectivity index (χ2n) is 6.72. The Balaban J connectivity index is 2.10. The van der Waals surface area contributed by atoms with E-state index in [2.05, 4.69) is 50.5 Å². The molecule has 0 aliphatic rings. The van der Waals surface area contributed by atoms with Crippen LogP contribution in [0.2, 0.25) is 5.02 Å². The molecular weight excluding hydrogens is 534 g/mol. The van der Waals surface area contributed by atoms with Crippen LogP contribution < -0.4 is 10.3 Å². The maximum Gasteiger partial charge on any atom is 0.282 e. The lowest BCUT2D eigenvalue weighted by Gasteiger charge is -2.14. The maximum absolute atomic E-state index is 13.2. The summed E-state index contributed by atoms with van der Waals surface area (Å²) in [6, 6.07) is 9.02. The van der Waals surface area contributed by atoms with Crippen molar-refractivity contribution < 1.29 is 4.74 Å². The molecule has 156 valence electrons. The topological polar surface area (TPSA) is 56.5 Å². The lowest BCUT2D eigenvalue weighted by Crippen LogP contribution is -2.23. The van der Waals surface area contributed by atoms with E-state index in [9.17, 15) is 4.79 Å². The number of nitrogens with zero attached hydrogens (tertiary/aromatic N) is 3. The highest BCUT2D eigenvalue weighted by atomic mass is 79.9. The van der Waals surface area contributed by atoms with Crippen LogP contribution in [0.15, 0.2) is 61.8 Å². The number of hydrogen-bond acceptors (Lipinski definition) is 4. The molecule has 0 fully saturated rings. The van der Waals surface area contributed by atoms with Gasteiger partial charge in [-0.05, 0) is 58.2 Å². The molecule has 0 radical (unpaired) electrons. The van der Waals surface area contributed by atoms with Crippen LogP contribution in [0, 0.1) is 0 Å². The van der Waals surface area contributed by atoms with Crippen LogP contribution >= 0.6 is 43.5 Å². The van der Waals surface area contributed by atoms with Gasteiger partial charge in [-0.15, -0.1) is 0 Å². The van der Waals surface area contributed by atoms with Crippen LogP contribution in [-0.2, 0) is 0 Å². The van der Waals surface area contributed by atoms with E-state index in [1.165, 1.54) is 4.68 Å². The molecule has 0 spiro atoms. The summed E-state index contributed by atoms with van der Waals surface area (Å²) >= 11 is 13.2. The minimum absolute atomic E-state index is 0.0629. The van der Waals surface area contributed by atoms with Gasteiger partial charge >= 0.3 is 0 Å². The third-order valence-electron chi connectivity index (χ3n) is 4.57. The van der Waals surface area contributed by atoms with Crippen molar-refractivity contribution in [2.75, 3.05) is 6.61 Å². The minimum Gasteiger partial charge on any atom is -0.487 e. The SMILES string of the molecule is C=CCOc1c(Cl)cc(C=Nn2c([C@H](C)CC)nc3ccc(Br)cc3c2=O)cc1Br. The highest BCUT2D eigenvalue weighted by molar-refractivity contribution is 9.10. The summed E-state index contributed by atoms with van der Waals surface area (Å²) in [5, 5.41) is 5.40. The van der Waals surface area contributed by atoms with E-state index in [1.807, 2.05) is 25.1 Å². The van der Waals surface area contributed by atoms with Crippen molar-refractivity contribution in [1.29, 1.82) is 0 Å². The number of rotatable bonds is 7. The van der Waals surface area contributed by atoms with Gasteiger partial charge in [-0.3, -0.25) is 4.79 Å². The van der Waals surface area contributed by atoms with Crippen molar-refractivity contribution in [1.82, 2.24) is 9.66 Å². The molecule has 0 unspecified atom stereocenters. The Bertz CT molecular complexity index is 1170. The summed E-state index contributed by atoms with van der Waals surface area (Å²) < 4.78 is 8.43. The first-order valence-electron chi connectivity index (χ1n) is 9.35. The first-order valence-corrected chi connectivity index (χ1v) is 11.3. The van der Waals surface area contributed by atoms with Crippen molar-refractivity contribution in [2.24, 2.45) is 5.10 Å². The van der Waals surface area contributed by atoms with Crippen LogP contribution in [0.25, 0.3) is 10.9 Å². The van der Waals surface area contributed by atoms with Crippen molar-refractivity contribution in [3.8, 4) is 5.75 Å². The van der Waals surface area contributed by atoms with Gasteiger partial charge in [-0.25, -0.2) is 4.98 Å². The van der Waals surface area contributed by atoms with Crippen molar-refractivity contribution in [3.05, 3.63) is 78.7 Å². The quantitative estimate of drug-likeness (QED) is 0.247. The number of benzene rings is 2. The predicted octanol–water partition coefficient (Wildman–Crippen LogP) is 6.54. The lowest BCUT2D eigenvalue weighted by atomic mass is 10.1. The van der Waals surface area contributed by atoms with Gasteiger partial charge in [-0.1, -0.05) is 54.0 Å². The summed E-state index contributed by atoms with van der Waals surface area (Å²) in [4.78, 5) is 17.9. The summed E-state index contributed by atoms with van der Waals surface area (Å²) in [7, 11) is 0. The highest BCUT2D eigenvalue weighted by Crippen LogP contribution is 2.34. The Kier molecular flexibility index (Phi) is 7.50. The molecule has 2 aromatic carbocycles. The highest BCUT2D eigenvalue weighted by Gasteiger charge is 2.16. The molecule has 30 heavy (non-hydrogen) atoms. The monoisotopic (exact) mass is 551 g/mol. The Morgan fingerprint density at radius 3 is 2.77 bits per heavy atom. The molecule has 3 aromatic rings. The van der Waals surface area contributed by atoms with E-state index in [4.69, 9.17) is 21.3 Å². The molecule has 0 N–H and O–H groups in total. The van der Waals surface area contributed by atoms with Crippen molar-refractivity contribution in [2.45, 2.75) is 26.2 Å². The molecule has 1 aromatic heterocycles. The van der Waals surface area contributed by atoms with Crippen LogP contribution in [0.5, 0.6) is 5.75 Å². The van der Waals surface area contributed by atoms with Crippen LogP contribution in [0.1, 0.15) is 37.6 Å². The average Bonchev–Trinajstić information content (AvgIpc) is 2.72. The van der Waals surface area contributed by atoms with Gasteiger partial charge < -0.3 is 4.74 Å². The lowest BCUT2D eigenvalue weighted by molar-refractivity contribution is 0.361. The summed E-state index contributed by atoms with van der Waals surface area (Å²) in [5.74, 6) is 1.21. The largest absolute Gasteiger partial charge is 0.487 e. The molecule has 0 amide bonds. The Labute approximate surface area is 196 Å². The molecule has 0 aliphatic heterocycles. The second-order valence-corrected chi connectivity index (χ2v) is 8.89. The third kappa shape index (κ3) is 4.85. The van der Waals surface area contributed by atoms with Gasteiger partial charge in [0.05, 0.1) is 26.6 Å². The third-order valence-corrected chi connectivity index (χ3v) is 5.94. The zero-order valence-electron chi connectivity index (χ0n) is 16.5. The molecule has 0 saturated heterocycles. The fraction of sp³-hybridized carbons (Fsp3) is 0.227. The molecule has 0 bridgehead atoms. The van der Waals surface area contributed by atoms with Gasteiger partial charge in [0.2, 0.25) is 0 Å². The molecule has 5 nitrogen and oxygen atoms in total. The molecule has 1 heterocycles. The number of aromatic nitrogens is 2. The molecular formula is C22H20Br2ClN3O2. The normalized spacial score (nSPS) is 12.4. The number of halogens is 3. The van der Waals surface area contributed by atoms with Crippen LogP contribution in [0.4, 0.5) is 0 Å². The fourth-order valence-corrected chi connectivity index (χ4v) is 4.19. The zero-order chi connectivity index (χ0) is 21.8. The van der Waals surface area contributed by atoms with Gasteiger partial charge in [0.1, 0.15) is 12.4 Å². The first kappa shape index (κ1) is 22.7. The van der Waals surface area contributed by atoms with E-state index in [0.717, 1.165) is 10.9 Å². The minimum atomic E-state index is -0.219. The van der Waals surface area contributed by atoms with E-state index < -0.39 is 0 Å². The number of ether oxygens (including phenoxy) is 1. The Morgan fingerprint density at radius 1 is 1.33 bits per heavy atom. The average molecular weight is 554 g/mol. The van der Waals surface area contributed by atoms with E-state index in [0.29, 0.717) is 44.1 Å². The molecule has 0 aliphatic carbocycles. The number of fused-ring (bicyclic) bond motifs is 1. The van der Waals surface area contributed by atoms with E-state index in [1.54, 1.807) is 24.4 Å². The molecule has 8 heteroatoms. The molecule has 0 saturated carbocycles. The standard InChI is InChI=1S/C22H20Br2ClN3O2/c1-4-8-30-20-17(24)9-14(10-18(20)25)12-26-28-21(13(3)5-2)27-19-7-6-15(23)11-16(19)22(28)29/h4,6-7,9-13H,1,5,8H2,2-3H3/t13-/m1/s1. The molecule has 3 rings (SSSR count). The maximum atomic E-state index is 13.2. The summed E-state index contributed by atoms with van der Waals surface area (Å²) in [5.41, 5.74) is 1.15. The van der Waals surface area contributed by atoms with Gasteiger partial charge in [-0.2, -0.15) is 9.78 Å². The number of hydrogen-bond donors (Lipinski definition) is 0. The van der Waals surface area contributed by atoms with Crippen molar-refractivity contribution >= 4 is 60.6 Å². The Morgan fingerprint density at radius 2 is 2.10 bits per heavy atom. The van der Waals surface area contributed by atoms with Gasteiger partial charge in [0.15, 0.2) is 5.75 Å². The Hall–Kier alpha value is -1.96. The second kappa shape index (κ2) is 9.90. The smallest absolute Gasteiger partial charge is 0.282 e. The zero-order valence-corrected chi connectivity index (χ0v) is 20.5. The summed E-state index contributed by atoms with van der Waals surface area (Å²) in [6.45, 7) is 8.06. The predicted molar refractivity (Wildman–Crippen MR) is 130 cm³/mol. The van der Waals surface area contributed by atoms with E-state index in [-0.39, 0.29) is 11.5 Å². The molecule has 1 atom stereocenters. The van der Waals surface area contributed by atoms with E-state index >= 15 is 0 Å². The fourth-order valence-electron chi connectivity index (χ4n) is 2.84. The van der Waals surface area contributed by atoms with Gasteiger partial charge in [0.25, 0.3) is 5.56 Å². The summed E-state index contributed by atoms with van der Waals surface area (Å²) in [6.07, 6.45) is 4.06. The van der Waals surface area contributed by atoms with Crippen LogP contribution in [0.3, 0.4) is 0 Å². The van der Waals surface area contributed by atoms with Crippen molar-refractivity contribution in [3.63, 3.8) is 0 Å². The van der Waals surface area contributed by atoms with Gasteiger partial charge in [0, 0.05) is 10.4 Å². The van der Waals surface area contributed by atoms with Crippen LogP contribution in [-0.4, -0.2) is 22.5 Å².